The van der Waals surface area contributed by atoms with Crippen LogP contribution in [0.15, 0.2) is 48.5 Å². The number of fused-ring (bicyclic) bond motifs is 1. The third-order valence-corrected chi connectivity index (χ3v) is 5.55. The van der Waals surface area contributed by atoms with E-state index >= 15 is 0 Å². The number of imide groups is 1. The Kier molecular flexibility index (Phi) is 5.45. The van der Waals surface area contributed by atoms with Crippen molar-refractivity contribution in [1.29, 1.82) is 0 Å². The molecular weight excluding hydrogens is 427 g/mol. The standard InChI is InChI=1S/C22H18F3N3O4/c23-22(24,25)15-7-5-14(6-8-15)19(30)27-11-9-26(10-12-27)18(29)13-28-20(31)16-3-1-2-4-17(16)21(28)32/h1-8H,9-13H2. The predicted molar refractivity (Wildman–Crippen MR) is 106 cm³/mol. The van der Waals surface area contributed by atoms with E-state index in [2.05, 4.69) is 0 Å². The van der Waals surface area contributed by atoms with Gasteiger partial charge in [-0.15, -0.1) is 0 Å². The number of benzene rings is 2. The molecule has 1 saturated heterocycles. The van der Waals surface area contributed by atoms with Gasteiger partial charge in [0.2, 0.25) is 5.91 Å². The van der Waals surface area contributed by atoms with Crippen LogP contribution in [0, 0.1) is 0 Å². The summed E-state index contributed by atoms with van der Waals surface area (Å²) in [4.78, 5) is 53.9. The number of alkyl halides is 3. The molecule has 4 rings (SSSR count). The predicted octanol–water partition coefficient (Wildman–Crippen LogP) is 2.29. The maximum atomic E-state index is 12.7. The molecule has 2 aromatic carbocycles. The van der Waals surface area contributed by atoms with Gasteiger partial charge in [0.25, 0.3) is 17.7 Å². The first kappa shape index (κ1) is 21.5. The van der Waals surface area contributed by atoms with Gasteiger partial charge in [-0.05, 0) is 36.4 Å². The Morgan fingerprint density at radius 2 is 1.28 bits per heavy atom. The summed E-state index contributed by atoms with van der Waals surface area (Å²) < 4.78 is 38.1. The first-order valence-electron chi connectivity index (χ1n) is 9.86. The van der Waals surface area contributed by atoms with Crippen LogP contribution in [0.2, 0.25) is 0 Å². The molecule has 0 aliphatic carbocycles. The number of hydrogen-bond acceptors (Lipinski definition) is 4. The molecule has 2 aliphatic heterocycles. The van der Waals surface area contributed by atoms with Gasteiger partial charge in [0.1, 0.15) is 6.54 Å². The average molecular weight is 445 g/mol. The van der Waals surface area contributed by atoms with E-state index in [0.29, 0.717) is 0 Å². The molecule has 32 heavy (non-hydrogen) atoms. The number of carbonyl (C=O) groups excluding carboxylic acids is 4. The summed E-state index contributed by atoms with van der Waals surface area (Å²) in [5.74, 6) is -1.88. The van der Waals surface area contributed by atoms with E-state index in [1.165, 1.54) is 21.9 Å². The molecule has 0 unspecified atom stereocenters. The van der Waals surface area contributed by atoms with E-state index in [4.69, 9.17) is 0 Å². The van der Waals surface area contributed by atoms with E-state index in [0.717, 1.165) is 29.2 Å². The number of hydrogen-bond donors (Lipinski definition) is 0. The van der Waals surface area contributed by atoms with Crippen molar-refractivity contribution in [2.75, 3.05) is 32.7 Å². The Labute approximate surface area is 181 Å². The van der Waals surface area contributed by atoms with Crippen molar-refractivity contribution in [3.8, 4) is 0 Å². The minimum atomic E-state index is -4.48. The summed E-state index contributed by atoms with van der Waals surface area (Å²) in [6.45, 7) is 0.364. The van der Waals surface area contributed by atoms with Crippen molar-refractivity contribution in [2.24, 2.45) is 0 Å². The largest absolute Gasteiger partial charge is 0.416 e. The Morgan fingerprint density at radius 1 is 0.781 bits per heavy atom. The molecule has 2 aliphatic rings. The number of amides is 4. The zero-order valence-electron chi connectivity index (χ0n) is 16.8. The van der Waals surface area contributed by atoms with Crippen molar-refractivity contribution in [2.45, 2.75) is 6.18 Å². The molecule has 0 atom stereocenters. The van der Waals surface area contributed by atoms with Crippen LogP contribution in [0.3, 0.4) is 0 Å². The second-order valence-electron chi connectivity index (χ2n) is 7.49. The zero-order chi connectivity index (χ0) is 23.0. The van der Waals surface area contributed by atoms with Crippen molar-refractivity contribution < 1.29 is 32.3 Å². The molecule has 0 bridgehead atoms. The summed E-state index contributed by atoms with van der Waals surface area (Å²) in [7, 11) is 0. The minimum Gasteiger partial charge on any atom is -0.338 e. The molecular formula is C22H18F3N3O4. The van der Waals surface area contributed by atoms with Crippen LogP contribution in [0.5, 0.6) is 0 Å². The molecule has 10 heteroatoms. The molecule has 0 radical (unpaired) electrons. The second-order valence-corrected chi connectivity index (χ2v) is 7.49. The Hall–Kier alpha value is -3.69. The summed E-state index contributed by atoms with van der Waals surface area (Å²) in [6, 6.07) is 10.3. The number of piperazine rings is 1. The first-order chi connectivity index (χ1) is 15.2. The second kappa shape index (κ2) is 8.10. The van der Waals surface area contributed by atoms with Crippen LogP contribution >= 0.6 is 0 Å². The SMILES string of the molecule is O=C(CN1C(=O)c2ccccc2C1=O)N1CCN(C(=O)c2ccc(C(F)(F)F)cc2)CC1. The van der Waals surface area contributed by atoms with Gasteiger partial charge in [0.05, 0.1) is 16.7 Å². The molecule has 4 amide bonds. The fourth-order valence-corrected chi connectivity index (χ4v) is 3.76. The highest BCUT2D eigenvalue weighted by molar-refractivity contribution is 6.22. The first-order valence-corrected chi connectivity index (χ1v) is 9.86. The van der Waals surface area contributed by atoms with Gasteiger partial charge < -0.3 is 9.80 Å². The van der Waals surface area contributed by atoms with E-state index < -0.39 is 35.4 Å². The van der Waals surface area contributed by atoms with Crippen LogP contribution in [-0.2, 0) is 11.0 Å². The monoisotopic (exact) mass is 445 g/mol. The van der Waals surface area contributed by atoms with E-state index in [1.54, 1.807) is 12.1 Å². The molecule has 0 spiro atoms. The Morgan fingerprint density at radius 3 is 1.78 bits per heavy atom. The number of rotatable bonds is 3. The maximum Gasteiger partial charge on any atom is 0.416 e. The highest BCUT2D eigenvalue weighted by Gasteiger charge is 2.37. The van der Waals surface area contributed by atoms with E-state index in [9.17, 15) is 32.3 Å². The zero-order valence-corrected chi connectivity index (χ0v) is 16.8. The number of halogens is 3. The van der Waals surface area contributed by atoms with Crippen molar-refractivity contribution in [3.63, 3.8) is 0 Å². The lowest BCUT2D eigenvalue weighted by atomic mass is 10.1. The quantitative estimate of drug-likeness (QED) is 0.680. The van der Waals surface area contributed by atoms with E-state index in [-0.39, 0.29) is 49.4 Å². The molecule has 2 heterocycles. The number of nitrogens with zero attached hydrogens (tertiary/aromatic N) is 3. The fraction of sp³-hybridized carbons (Fsp3) is 0.273. The lowest BCUT2D eigenvalue weighted by Crippen LogP contribution is -2.53. The lowest BCUT2D eigenvalue weighted by molar-refractivity contribution is -0.137. The third kappa shape index (κ3) is 3.95. The highest BCUT2D eigenvalue weighted by Crippen LogP contribution is 2.29. The van der Waals surface area contributed by atoms with Crippen LogP contribution in [0.25, 0.3) is 0 Å². The third-order valence-electron chi connectivity index (χ3n) is 5.55. The van der Waals surface area contributed by atoms with Gasteiger partial charge in [-0.3, -0.25) is 24.1 Å². The van der Waals surface area contributed by atoms with Crippen LogP contribution in [0.1, 0.15) is 36.6 Å². The van der Waals surface area contributed by atoms with Gasteiger partial charge in [-0.1, -0.05) is 12.1 Å². The van der Waals surface area contributed by atoms with E-state index in [1.807, 2.05) is 0 Å². The summed E-state index contributed by atoms with van der Waals surface area (Å²) in [5, 5.41) is 0. The fourth-order valence-electron chi connectivity index (χ4n) is 3.76. The molecule has 0 saturated carbocycles. The molecule has 166 valence electrons. The Bertz CT molecular complexity index is 1060. The van der Waals surface area contributed by atoms with Crippen LogP contribution in [0.4, 0.5) is 13.2 Å². The molecule has 2 aromatic rings. The van der Waals surface area contributed by atoms with Gasteiger partial charge >= 0.3 is 6.18 Å². The molecule has 1 fully saturated rings. The van der Waals surface area contributed by atoms with Crippen molar-refractivity contribution in [1.82, 2.24) is 14.7 Å². The number of carbonyl (C=O) groups is 4. The topological polar surface area (TPSA) is 78.0 Å². The van der Waals surface area contributed by atoms with Crippen molar-refractivity contribution in [3.05, 3.63) is 70.8 Å². The minimum absolute atomic E-state index is 0.129. The highest BCUT2D eigenvalue weighted by atomic mass is 19.4. The summed E-state index contributed by atoms with van der Waals surface area (Å²) in [6.07, 6.45) is -4.48. The van der Waals surface area contributed by atoms with Gasteiger partial charge in [-0.25, -0.2) is 0 Å². The summed E-state index contributed by atoms with van der Waals surface area (Å²) in [5.41, 5.74) is -0.184. The van der Waals surface area contributed by atoms with Gasteiger partial charge in [0.15, 0.2) is 0 Å². The van der Waals surface area contributed by atoms with Crippen LogP contribution in [-0.4, -0.2) is 71.1 Å². The normalized spacial score (nSPS) is 16.4. The van der Waals surface area contributed by atoms with Crippen molar-refractivity contribution >= 4 is 23.6 Å². The lowest BCUT2D eigenvalue weighted by Gasteiger charge is -2.35. The van der Waals surface area contributed by atoms with Gasteiger partial charge in [0, 0.05) is 31.7 Å². The summed E-state index contributed by atoms with van der Waals surface area (Å²) >= 11 is 0. The molecule has 7 nitrogen and oxygen atoms in total. The molecule has 0 N–H and O–H groups in total. The molecule has 0 aromatic heterocycles. The van der Waals surface area contributed by atoms with Crippen LogP contribution < -0.4 is 0 Å². The Balaban J connectivity index is 1.34. The average Bonchev–Trinajstić information content (AvgIpc) is 3.03. The van der Waals surface area contributed by atoms with Gasteiger partial charge in [-0.2, -0.15) is 13.2 Å². The maximum absolute atomic E-state index is 12.7. The smallest absolute Gasteiger partial charge is 0.338 e.